The quantitative estimate of drug-likeness (QED) is 0.675. The smallest absolute Gasteiger partial charge is 0.306 e. The molecule has 0 aromatic heterocycles. The number of methoxy groups -OCH3 is 1. The van der Waals surface area contributed by atoms with Crippen molar-refractivity contribution in [1.29, 1.82) is 0 Å². The summed E-state index contributed by atoms with van der Waals surface area (Å²) in [7, 11) is 3.26. The van der Waals surface area contributed by atoms with Gasteiger partial charge in [0.2, 0.25) is 5.91 Å². The molecule has 1 aliphatic carbocycles. The van der Waals surface area contributed by atoms with Crippen LogP contribution in [0.4, 0.5) is 0 Å². The van der Waals surface area contributed by atoms with E-state index in [-0.39, 0.29) is 17.9 Å². The predicted octanol–water partition coefficient (Wildman–Crippen LogP) is 2.05. The molecule has 0 spiro atoms. The first-order valence-corrected chi connectivity index (χ1v) is 8.02. The van der Waals surface area contributed by atoms with E-state index in [1.807, 2.05) is 16.8 Å². The van der Waals surface area contributed by atoms with Crippen LogP contribution < -0.4 is 0 Å². The average molecular weight is 298 g/mol. The maximum Gasteiger partial charge on any atom is 0.306 e. The largest absolute Gasteiger partial charge is 0.469 e. The lowest BCUT2D eigenvalue weighted by atomic mass is 9.93. The zero-order valence-corrected chi connectivity index (χ0v) is 13.9. The summed E-state index contributed by atoms with van der Waals surface area (Å²) in [5, 5.41) is 0. The molecule has 0 N–H and O–H groups in total. The minimum Gasteiger partial charge on any atom is -0.469 e. The van der Waals surface area contributed by atoms with Gasteiger partial charge < -0.3 is 9.64 Å². The van der Waals surface area contributed by atoms with Gasteiger partial charge in [-0.05, 0) is 33.7 Å². The van der Waals surface area contributed by atoms with E-state index in [1.54, 1.807) is 0 Å². The Balaban J connectivity index is 2.50. The second-order valence-corrected chi connectivity index (χ2v) is 6.25. The lowest BCUT2D eigenvalue weighted by Gasteiger charge is -2.38. The molecule has 0 radical (unpaired) electrons. The number of hydrogen-bond donors (Lipinski definition) is 0. The lowest BCUT2D eigenvalue weighted by Crippen LogP contribution is -2.49. The van der Waals surface area contributed by atoms with Crippen molar-refractivity contribution >= 4 is 11.9 Å². The number of rotatable bonds is 7. The molecule has 0 saturated heterocycles. The highest BCUT2D eigenvalue weighted by atomic mass is 16.5. The zero-order valence-electron chi connectivity index (χ0n) is 13.9. The fraction of sp³-hybridized carbons (Fsp3) is 0.875. The zero-order chi connectivity index (χ0) is 15.8. The number of nitrogens with zero attached hydrogens (tertiary/aromatic N) is 2. The number of esters is 1. The molecule has 1 aliphatic rings. The summed E-state index contributed by atoms with van der Waals surface area (Å²) in [5.74, 6) is -0.0634. The van der Waals surface area contributed by atoms with Gasteiger partial charge in [0, 0.05) is 18.6 Å². The summed E-state index contributed by atoms with van der Waals surface area (Å²) < 4.78 is 4.63. The number of amides is 1. The van der Waals surface area contributed by atoms with E-state index in [0.717, 1.165) is 12.8 Å². The van der Waals surface area contributed by atoms with Crippen molar-refractivity contribution in [2.45, 2.75) is 64.5 Å². The van der Waals surface area contributed by atoms with E-state index in [9.17, 15) is 9.59 Å². The third-order valence-corrected chi connectivity index (χ3v) is 4.14. The van der Waals surface area contributed by atoms with Crippen molar-refractivity contribution in [3.8, 4) is 0 Å². The molecule has 122 valence electrons. The molecule has 0 aromatic rings. The molecule has 1 fully saturated rings. The molecule has 5 heteroatoms. The van der Waals surface area contributed by atoms with Gasteiger partial charge >= 0.3 is 5.97 Å². The summed E-state index contributed by atoms with van der Waals surface area (Å²) in [6.07, 6.45) is 6.30. The van der Waals surface area contributed by atoms with Crippen molar-refractivity contribution in [2.24, 2.45) is 0 Å². The number of hydrogen-bond acceptors (Lipinski definition) is 4. The Bertz CT molecular complexity index is 338. The molecule has 5 nitrogen and oxygen atoms in total. The second-order valence-electron chi connectivity index (χ2n) is 6.25. The summed E-state index contributed by atoms with van der Waals surface area (Å²) in [6, 6.07) is 0.620. The number of ether oxygens (including phenoxy) is 1. The normalized spacial score (nSPS) is 16.3. The molecule has 0 heterocycles. The van der Waals surface area contributed by atoms with Crippen LogP contribution >= 0.6 is 0 Å². The average Bonchev–Trinajstić information content (AvgIpc) is 2.45. The van der Waals surface area contributed by atoms with Crippen LogP contribution in [0, 0.1) is 0 Å². The first-order valence-electron chi connectivity index (χ1n) is 8.02. The highest BCUT2D eigenvalue weighted by Gasteiger charge is 2.27. The summed E-state index contributed by atoms with van der Waals surface area (Å²) in [6.45, 7) is 5.09. The van der Waals surface area contributed by atoms with Gasteiger partial charge in [-0.1, -0.05) is 19.3 Å². The van der Waals surface area contributed by atoms with Gasteiger partial charge in [-0.2, -0.15) is 0 Å². The van der Waals surface area contributed by atoms with Crippen molar-refractivity contribution in [3.05, 3.63) is 0 Å². The van der Waals surface area contributed by atoms with E-state index in [2.05, 4.69) is 18.6 Å². The molecular formula is C16H30N2O3. The van der Waals surface area contributed by atoms with Crippen LogP contribution in [0.2, 0.25) is 0 Å². The van der Waals surface area contributed by atoms with Gasteiger partial charge in [0.05, 0.1) is 20.1 Å². The molecule has 1 amide bonds. The molecule has 0 aromatic carbocycles. The Kier molecular flexibility index (Phi) is 7.72. The van der Waals surface area contributed by atoms with Gasteiger partial charge in [0.1, 0.15) is 0 Å². The van der Waals surface area contributed by atoms with Crippen LogP contribution in [0.1, 0.15) is 52.4 Å². The maximum atomic E-state index is 12.6. The molecule has 1 saturated carbocycles. The fourth-order valence-corrected chi connectivity index (χ4v) is 3.05. The first-order chi connectivity index (χ1) is 9.95. The van der Waals surface area contributed by atoms with Crippen molar-refractivity contribution < 1.29 is 14.3 Å². The Labute approximate surface area is 128 Å². The Morgan fingerprint density at radius 3 is 2.33 bits per heavy atom. The third kappa shape index (κ3) is 6.04. The SMILES string of the molecule is COC(=O)CCN(C)CC(=O)N(C(C)C)C1CCCCC1. The minimum atomic E-state index is -0.234. The number of carbonyl (C=O) groups is 2. The maximum absolute atomic E-state index is 12.6. The summed E-state index contributed by atoms with van der Waals surface area (Å²) in [4.78, 5) is 27.7. The molecule has 21 heavy (non-hydrogen) atoms. The summed E-state index contributed by atoms with van der Waals surface area (Å²) >= 11 is 0. The topological polar surface area (TPSA) is 49.9 Å². The number of carbonyl (C=O) groups excluding carboxylic acids is 2. The van der Waals surface area contributed by atoms with Crippen molar-refractivity contribution in [3.63, 3.8) is 0 Å². The monoisotopic (exact) mass is 298 g/mol. The first kappa shape index (κ1) is 18.0. The molecule has 0 atom stereocenters. The van der Waals surface area contributed by atoms with Crippen molar-refractivity contribution in [2.75, 3.05) is 27.2 Å². The molecule has 0 bridgehead atoms. The van der Waals surface area contributed by atoms with E-state index < -0.39 is 0 Å². The minimum absolute atomic E-state index is 0.171. The molecule has 1 rings (SSSR count). The molecule has 0 unspecified atom stereocenters. The highest BCUT2D eigenvalue weighted by Crippen LogP contribution is 2.24. The molecular weight excluding hydrogens is 268 g/mol. The Hall–Kier alpha value is -1.10. The van der Waals surface area contributed by atoms with Crippen molar-refractivity contribution in [1.82, 2.24) is 9.80 Å². The van der Waals surface area contributed by atoms with E-state index in [1.165, 1.54) is 26.4 Å². The Morgan fingerprint density at radius 1 is 1.19 bits per heavy atom. The lowest BCUT2D eigenvalue weighted by molar-refractivity contribution is -0.142. The van der Waals surface area contributed by atoms with Crippen LogP contribution in [0.25, 0.3) is 0 Å². The summed E-state index contributed by atoms with van der Waals surface area (Å²) in [5.41, 5.74) is 0. The number of likely N-dealkylation sites (N-methyl/N-ethyl adjacent to an activating group) is 1. The van der Waals surface area contributed by atoms with Crippen LogP contribution in [0.3, 0.4) is 0 Å². The second kappa shape index (κ2) is 9.03. The third-order valence-electron chi connectivity index (χ3n) is 4.14. The van der Waals surface area contributed by atoms with Gasteiger partial charge in [-0.3, -0.25) is 14.5 Å². The van der Waals surface area contributed by atoms with Gasteiger partial charge in [-0.25, -0.2) is 0 Å². The van der Waals surface area contributed by atoms with Crippen LogP contribution in [0.15, 0.2) is 0 Å². The van der Waals surface area contributed by atoms with E-state index >= 15 is 0 Å². The van der Waals surface area contributed by atoms with Gasteiger partial charge in [-0.15, -0.1) is 0 Å². The Morgan fingerprint density at radius 2 is 1.81 bits per heavy atom. The van der Waals surface area contributed by atoms with Gasteiger partial charge in [0.25, 0.3) is 0 Å². The van der Waals surface area contributed by atoms with Crippen LogP contribution in [-0.2, 0) is 14.3 Å². The van der Waals surface area contributed by atoms with E-state index in [4.69, 9.17) is 0 Å². The predicted molar refractivity (Wildman–Crippen MR) is 83.0 cm³/mol. The van der Waals surface area contributed by atoms with Crippen LogP contribution in [0.5, 0.6) is 0 Å². The standard InChI is InChI=1S/C16H30N2O3/c1-13(2)18(14-8-6-5-7-9-14)15(19)12-17(3)11-10-16(20)21-4/h13-14H,5-12H2,1-4H3. The van der Waals surface area contributed by atoms with E-state index in [0.29, 0.717) is 25.6 Å². The highest BCUT2D eigenvalue weighted by molar-refractivity contribution is 5.79. The van der Waals surface area contributed by atoms with Gasteiger partial charge in [0.15, 0.2) is 0 Å². The molecule has 0 aliphatic heterocycles. The van der Waals surface area contributed by atoms with Crippen LogP contribution in [-0.4, -0.2) is 61.0 Å². The fourth-order valence-electron chi connectivity index (χ4n) is 3.05.